The van der Waals surface area contributed by atoms with Crippen LogP contribution in [0.5, 0.6) is 11.5 Å². The summed E-state index contributed by atoms with van der Waals surface area (Å²) in [5.74, 6) is 0.702. The van der Waals surface area contributed by atoms with Gasteiger partial charge in [-0.3, -0.25) is 9.59 Å². The van der Waals surface area contributed by atoms with Gasteiger partial charge in [0.1, 0.15) is 5.00 Å². The smallest absolute Gasteiger partial charge is 0.341 e. The Balaban J connectivity index is 1.47. The Morgan fingerprint density at radius 2 is 1.83 bits per heavy atom. The molecule has 4 rings (SSSR count). The first-order chi connectivity index (χ1) is 19.8. The highest BCUT2D eigenvalue weighted by molar-refractivity contribution is 8.00. The van der Waals surface area contributed by atoms with E-state index in [0.29, 0.717) is 45.7 Å². The molecule has 1 aliphatic carbocycles. The first-order valence-corrected chi connectivity index (χ1v) is 15.4. The minimum absolute atomic E-state index is 0.172. The number of methoxy groups -OCH3 is 2. The van der Waals surface area contributed by atoms with Crippen molar-refractivity contribution >= 4 is 51.6 Å². The van der Waals surface area contributed by atoms with Gasteiger partial charge in [-0.05, 0) is 80.5 Å². The van der Waals surface area contributed by atoms with Crippen molar-refractivity contribution in [3.63, 3.8) is 0 Å². The van der Waals surface area contributed by atoms with Gasteiger partial charge in [-0.25, -0.2) is 4.79 Å². The minimum Gasteiger partial charge on any atom is -0.493 e. The summed E-state index contributed by atoms with van der Waals surface area (Å²) in [5, 5.41) is 6.13. The first kappa shape index (κ1) is 30.5. The van der Waals surface area contributed by atoms with E-state index in [1.54, 1.807) is 31.2 Å². The molecular formula is C31H36N2O6S2. The second kappa shape index (κ2) is 13.9. The summed E-state index contributed by atoms with van der Waals surface area (Å²) in [6, 6.07) is 12.4. The van der Waals surface area contributed by atoms with Gasteiger partial charge >= 0.3 is 5.97 Å². The standard InChI is InChI=1S/C31H36N2O6S2/c1-6-25(29(35)33-30-27(31(36)39-7-2)22-13-11-18(3)15-26(22)41-30)40-21-10-8-9-20(17-21)32-28(34)19-12-14-23(37-4)24(16-19)38-5/h8-10,12,14,16-18,25H,6-7,11,13,15H2,1-5H3,(H,32,34)(H,33,35). The van der Waals surface area contributed by atoms with Crippen molar-refractivity contribution in [2.45, 2.75) is 56.6 Å². The molecule has 0 saturated carbocycles. The highest BCUT2D eigenvalue weighted by Gasteiger charge is 2.30. The van der Waals surface area contributed by atoms with Crippen molar-refractivity contribution in [1.82, 2.24) is 0 Å². The van der Waals surface area contributed by atoms with Gasteiger partial charge in [0.05, 0.1) is 31.6 Å². The van der Waals surface area contributed by atoms with Crippen LogP contribution in [0.2, 0.25) is 0 Å². The lowest BCUT2D eigenvalue weighted by atomic mass is 9.88. The van der Waals surface area contributed by atoms with Crippen molar-refractivity contribution < 1.29 is 28.6 Å². The number of esters is 1. The number of amides is 2. The molecule has 0 aliphatic heterocycles. The summed E-state index contributed by atoms with van der Waals surface area (Å²) in [6.45, 7) is 6.22. The highest BCUT2D eigenvalue weighted by Crippen LogP contribution is 2.41. The van der Waals surface area contributed by atoms with Crippen molar-refractivity contribution in [1.29, 1.82) is 0 Å². The van der Waals surface area contributed by atoms with Crippen LogP contribution in [0, 0.1) is 5.92 Å². The molecule has 1 heterocycles. The van der Waals surface area contributed by atoms with Crippen LogP contribution in [0.25, 0.3) is 0 Å². The van der Waals surface area contributed by atoms with Crippen LogP contribution in [0.3, 0.4) is 0 Å². The largest absolute Gasteiger partial charge is 0.493 e. The predicted molar refractivity (Wildman–Crippen MR) is 164 cm³/mol. The lowest BCUT2D eigenvalue weighted by molar-refractivity contribution is -0.115. The zero-order chi connectivity index (χ0) is 29.5. The van der Waals surface area contributed by atoms with E-state index in [-0.39, 0.29) is 24.4 Å². The summed E-state index contributed by atoms with van der Waals surface area (Å²) in [6.07, 6.45) is 3.30. The topological polar surface area (TPSA) is 103 Å². The van der Waals surface area contributed by atoms with Crippen LogP contribution in [-0.4, -0.2) is 43.9 Å². The van der Waals surface area contributed by atoms with Crippen molar-refractivity contribution in [3.8, 4) is 11.5 Å². The monoisotopic (exact) mass is 596 g/mol. The van der Waals surface area contributed by atoms with Crippen LogP contribution in [0.1, 0.15) is 64.8 Å². The third kappa shape index (κ3) is 7.23. The van der Waals surface area contributed by atoms with Crippen LogP contribution < -0.4 is 20.1 Å². The number of carbonyl (C=O) groups is 3. The first-order valence-electron chi connectivity index (χ1n) is 13.7. The zero-order valence-electron chi connectivity index (χ0n) is 24.0. The maximum atomic E-state index is 13.4. The number of benzene rings is 2. The number of fused-ring (bicyclic) bond motifs is 1. The lowest BCUT2D eigenvalue weighted by Gasteiger charge is -2.18. The maximum absolute atomic E-state index is 13.4. The molecule has 0 saturated heterocycles. The van der Waals surface area contributed by atoms with Crippen molar-refractivity contribution in [3.05, 3.63) is 64.0 Å². The Labute approximate surface area is 249 Å². The number of anilines is 2. The number of nitrogens with one attached hydrogen (secondary N) is 2. The predicted octanol–water partition coefficient (Wildman–Crippen LogP) is 6.83. The van der Waals surface area contributed by atoms with Gasteiger partial charge in [0.15, 0.2) is 11.5 Å². The quantitative estimate of drug-likeness (QED) is 0.185. The number of hydrogen-bond donors (Lipinski definition) is 2. The van der Waals surface area contributed by atoms with E-state index in [2.05, 4.69) is 17.6 Å². The molecule has 2 unspecified atom stereocenters. The highest BCUT2D eigenvalue weighted by atomic mass is 32.2. The Kier molecular flexibility index (Phi) is 10.3. The van der Waals surface area contributed by atoms with Gasteiger partial charge in [-0.15, -0.1) is 23.1 Å². The molecule has 2 aromatic carbocycles. The van der Waals surface area contributed by atoms with E-state index in [1.807, 2.05) is 25.1 Å². The SMILES string of the molecule is CCOC(=O)c1c(NC(=O)C(CC)Sc2cccc(NC(=O)c3ccc(OC)c(OC)c3)c2)sc2c1CCC(C)C2. The molecule has 0 radical (unpaired) electrons. The average Bonchev–Trinajstić information content (AvgIpc) is 3.32. The molecule has 41 heavy (non-hydrogen) atoms. The Morgan fingerprint density at radius 3 is 2.54 bits per heavy atom. The molecule has 2 atom stereocenters. The molecule has 8 nitrogen and oxygen atoms in total. The second-order valence-corrected chi connectivity index (χ2v) is 12.2. The van der Waals surface area contributed by atoms with E-state index in [4.69, 9.17) is 14.2 Å². The van der Waals surface area contributed by atoms with Gasteiger partial charge in [0.25, 0.3) is 5.91 Å². The van der Waals surface area contributed by atoms with E-state index in [9.17, 15) is 14.4 Å². The number of thioether (sulfide) groups is 1. The van der Waals surface area contributed by atoms with Gasteiger partial charge < -0.3 is 24.8 Å². The van der Waals surface area contributed by atoms with Gasteiger partial charge in [0.2, 0.25) is 5.91 Å². The zero-order valence-corrected chi connectivity index (χ0v) is 25.6. The fraction of sp³-hybridized carbons (Fsp3) is 0.387. The lowest BCUT2D eigenvalue weighted by Crippen LogP contribution is -2.25. The summed E-state index contributed by atoms with van der Waals surface area (Å²) in [4.78, 5) is 41.2. The molecule has 1 aliphatic rings. The molecule has 0 bridgehead atoms. The summed E-state index contributed by atoms with van der Waals surface area (Å²) in [7, 11) is 3.06. The van der Waals surface area contributed by atoms with Crippen molar-refractivity contribution in [2.75, 3.05) is 31.5 Å². The fourth-order valence-corrected chi connectivity index (χ4v) is 7.18. The summed E-state index contributed by atoms with van der Waals surface area (Å²) in [5.41, 5.74) is 2.55. The molecular weight excluding hydrogens is 560 g/mol. The average molecular weight is 597 g/mol. The third-order valence-electron chi connectivity index (χ3n) is 6.91. The molecule has 0 fully saturated rings. The third-order valence-corrected chi connectivity index (χ3v) is 9.43. The van der Waals surface area contributed by atoms with Crippen molar-refractivity contribution in [2.24, 2.45) is 5.92 Å². The van der Waals surface area contributed by atoms with Crippen LogP contribution in [0.15, 0.2) is 47.4 Å². The molecule has 2 amide bonds. The molecule has 218 valence electrons. The number of rotatable bonds is 11. The van der Waals surface area contributed by atoms with Crippen LogP contribution >= 0.6 is 23.1 Å². The number of ether oxygens (including phenoxy) is 3. The molecule has 2 N–H and O–H groups in total. The van der Waals surface area contributed by atoms with Gasteiger partial charge in [-0.1, -0.05) is 19.9 Å². The van der Waals surface area contributed by atoms with Gasteiger partial charge in [-0.2, -0.15) is 0 Å². The summed E-state index contributed by atoms with van der Waals surface area (Å²) >= 11 is 2.90. The molecule has 1 aromatic heterocycles. The Morgan fingerprint density at radius 1 is 1.05 bits per heavy atom. The van der Waals surface area contributed by atoms with Crippen LogP contribution in [0.4, 0.5) is 10.7 Å². The van der Waals surface area contributed by atoms with E-state index in [0.717, 1.165) is 34.6 Å². The molecule has 3 aromatic rings. The number of thiophene rings is 1. The summed E-state index contributed by atoms with van der Waals surface area (Å²) < 4.78 is 15.9. The molecule has 10 heteroatoms. The Bertz CT molecular complexity index is 1420. The van der Waals surface area contributed by atoms with E-state index >= 15 is 0 Å². The van der Waals surface area contributed by atoms with Crippen LogP contribution in [-0.2, 0) is 22.4 Å². The fourth-order valence-electron chi connectivity index (χ4n) is 4.76. The normalized spacial score (nSPS) is 14.9. The maximum Gasteiger partial charge on any atom is 0.341 e. The van der Waals surface area contributed by atoms with E-state index < -0.39 is 5.25 Å². The second-order valence-electron chi connectivity index (χ2n) is 9.83. The minimum atomic E-state index is -0.403. The number of hydrogen-bond acceptors (Lipinski definition) is 8. The Hall–Kier alpha value is -3.50. The van der Waals surface area contributed by atoms with E-state index in [1.165, 1.54) is 37.3 Å². The number of carbonyl (C=O) groups excluding carboxylic acids is 3. The molecule has 0 spiro atoms. The van der Waals surface area contributed by atoms with Gasteiger partial charge in [0, 0.05) is 21.0 Å².